The van der Waals surface area contributed by atoms with Gasteiger partial charge in [-0.3, -0.25) is 67.3 Å². The summed E-state index contributed by atoms with van der Waals surface area (Å²) in [5.74, 6) is -7.72. The number of ketones is 2. The van der Waals surface area contributed by atoms with Crippen molar-refractivity contribution in [3.8, 4) is 0 Å². The minimum atomic E-state index is -4.35. The van der Waals surface area contributed by atoms with Gasteiger partial charge in [-0.2, -0.15) is 0 Å². The van der Waals surface area contributed by atoms with Crippen LogP contribution in [0.15, 0.2) is 237 Å². The molecule has 4 atom stereocenters. The first-order valence-electron chi connectivity index (χ1n) is 39.9. The van der Waals surface area contributed by atoms with Crippen molar-refractivity contribution in [1.82, 2.24) is 24.9 Å². The first-order chi connectivity index (χ1) is 57.4. The molecule has 0 bridgehead atoms. The standard InChI is InChI=1S/C92H106N5O20P/c1-109-92(107)83(48-57-116-118(108,117-69-78-36-21-8-22-37-78)70-81(91(106)115-68-77-34-19-7-20-35-77)45-47-86(101)110-63-72-24-9-2-10-25-72)93-85(100)46-44-80(90(105)114-67-76-32-17-6-18-33-76)58-84(99)79-42-40-71(41-43-79)38-23-39-82(98)59-94-49-51-95(60-87(102)111-64-73-26-11-3-12-27-73)53-55-97(62-89(104)113-66-75-30-15-5-16-31-75)56-54-96(52-50-94)61-88(103)112-65-74-28-13-4-14-29-74/h2-22,24-37,40-43,80-81,83H,23,38-39,44-70H2,1H3,(H,93,100). The van der Waals surface area contributed by atoms with Crippen LogP contribution in [0.5, 0.6) is 0 Å². The lowest BCUT2D eigenvalue weighted by Gasteiger charge is -2.33. The number of rotatable bonds is 46. The summed E-state index contributed by atoms with van der Waals surface area (Å²) in [5.41, 5.74) is 6.43. The highest BCUT2D eigenvalue weighted by atomic mass is 31.2. The lowest BCUT2D eigenvalue weighted by molar-refractivity contribution is -0.151. The van der Waals surface area contributed by atoms with Crippen molar-refractivity contribution in [3.63, 3.8) is 0 Å². The second-order valence-corrected chi connectivity index (χ2v) is 31.0. The molecule has 0 spiro atoms. The fourth-order valence-electron chi connectivity index (χ4n) is 12.9. The zero-order chi connectivity index (χ0) is 83.4. The molecule has 26 heteroatoms. The zero-order valence-corrected chi connectivity index (χ0v) is 67.8. The van der Waals surface area contributed by atoms with Crippen LogP contribution < -0.4 is 5.32 Å². The van der Waals surface area contributed by atoms with Crippen LogP contribution in [0.2, 0.25) is 0 Å². The fraction of sp³-hybridized carbons (Fsp3) is 0.370. The van der Waals surface area contributed by atoms with Crippen LogP contribution in [-0.4, -0.2) is 183 Å². The highest BCUT2D eigenvalue weighted by molar-refractivity contribution is 7.53. The average molecular weight is 1630 g/mol. The molecule has 1 fully saturated rings. The largest absolute Gasteiger partial charge is 0.467 e. The summed E-state index contributed by atoms with van der Waals surface area (Å²) in [7, 11) is -3.22. The molecular formula is C92H106N5O20P. The van der Waals surface area contributed by atoms with Crippen LogP contribution in [0.25, 0.3) is 0 Å². The molecule has 9 rings (SSSR count). The molecule has 4 unspecified atom stereocenters. The summed E-state index contributed by atoms with van der Waals surface area (Å²) >= 11 is 0. The predicted molar refractivity (Wildman–Crippen MR) is 440 cm³/mol. The maximum atomic E-state index is 15.0. The summed E-state index contributed by atoms with van der Waals surface area (Å²) in [6, 6.07) is 69.4. The highest BCUT2D eigenvalue weighted by Gasteiger charge is 2.36. The number of hydrogen-bond acceptors (Lipinski definition) is 24. The fourth-order valence-corrected chi connectivity index (χ4v) is 14.8. The first kappa shape index (κ1) is 90.8. The van der Waals surface area contributed by atoms with E-state index in [0.717, 1.165) is 34.9 Å². The Morgan fingerprint density at radius 3 is 1.09 bits per heavy atom. The normalized spacial score (nSPS) is 14.4. The molecule has 1 aliphatic rings. The van der Waals surface area contributed by atoms with Gasteiger partial charge in [0.25, 0.3) is 0 Å². The van der Waals surface area contributed by atoms with E-state index >= 15 is 4.57 Å². The maximum absolute atomic E-state index is 15.0. The maximum Gasteiger partial charge on any atom is 0.331 e. The smallest absolute Gasteiger partial charge is 0.331 e. The summed E-state index contributed by atoms with van der Waals surface area (Å²) in [4.78, 5) is 145. The van der Waals surface area contributed by atoms with E-state index in [2.05, 4.69) is 5.32 Å². The number of nitrogens with zero attached hydrogens (tertiary/aromatic N) is 4. The van der Waals surface area contributed by atoms with Gasteiger partial charge in [0.15, 0.2) is 5.78 Å². The quantitative estimate of drug-likeness (QED) is 0.0160. The summed E-state index contributed by atoms with van der Waals surface area (Å²) in [6.07, 6.45) is -0.935. The molecule has 25 nitrogen and oxygen atoms in total. The van der Waals surface area contributed by atoms with Gasteiger partial charge in [0.05, 0.1) is 64.5 Å². The topological polar surface area (TPSA) is 296 Å². The van der Waals surface area contributed by atoms with Gasteiger partial charge < -0.3 is 47.5 Å². The molecule has 624 valence electrons. The molecule has 8 aromatic carbocycles. The number of nitrogens with one attached hydrogen (secondary N) is 1. The van der Waals surface area contributed by atoms with E-state index in [4.69, 9.17) is 42.2 Å². The molecule has 8 aromatic rings. The van der Waals surface area contributed by atoms with Crippen molar-refractivity contribution in [3.05, 3.63) is 287 Å². The molecule has 0 aromatic heterocycles. The van der Waals surface area contributed by atoms with Crippen LogP contribution in [0.1, 0.15) is 106 Å². The van der Waals surface area contributed by atoms with Crippen molar-refractivity contribution < 1.29 is 94.7 Å². The number of aryl methyl sites for hydroxylation is 1. The minimum Gasteiger partial charge on any atom is -0.467 e. The second kappa shape index (κ2) is 50.5. The van der Waals surface area contributed by atoms with E-state index in [9.17, 15) is 47.9 Å². The molecule has 0 radical (unpaired) electrons. The van der Waals surface area contributed by atoms with E-state index < -0.39 is 91.7 Å². The Bertz CT molecular complexity index is 4390. The Balaban J connectivity index is 0.810. The monoisotopic (exact) mass is 1630 g/mol. The van der Waals surface area contributed by atoms with Gasteiger partial charge in [-0.05, 0) is 70.2 Å². The van der Waals surface area contributed by atoms with Crippen molar-refractivity contribution in [2.45, 2.75) is 110 Å². The summed E-state index contributed by atoms with van der Waals surface area (Å²) in [5, 5.41) is 2.65. The SMILES string of the molecule is COC(=O)C(CCOP(=O)(CC(CCC(=O)OCc1ccccc1)C(=O)OCc1ccccc1)OCc1ccccc1)NC(=O)CCC(CC(=O)c1ccc(CCCC(=O)CN2CCN(CC(=O)OCc3ccccc3)CCN(CC(=O)OCc3ccccc3)CCN(CC(=O)OCc3ccccc3)CC2)cc1)C(=O)OCc1ccccc1. The summed E-state index contributed by atoms with van der Waals surface area (Å²) in [6.45, 7) is 2.31. The van der Waals surface area contributed by atoms with E-state index in [0.29, 0.717) is 87.5 Å². The van der Waals surface area contributed by atoms with E-state index in [1.165, 1.54) is 0 Å². The van der Waals surface area contributed by atoms with Crippen molar-refractivity contribution in [2.24, 2.45) is 11.8 Å². The van der Waals surface area contributed by atoms with Gasteiger partial charge in [-0.25, -0.2) is 4.79 Å². The molecule has 1 N–H and O–H groups in total. The van der Waals surface area contributed by atoms with Crippen LogP contribution >= 0.6 is 7.60 Å². The average Bonchev–Trinajstić information content (AvgIpc) is 0.837. The van der Waals surface area contributed by atoms with Crippen LogP contribution in [-0.2, 0) is 143 Å². The third-order valence-electron chi connectivity index (χ3n) is 19.7. The predicted octanol–water partition coefficient (Wildman–Crippen LogP) is 12.1. The van der Waals surface area contributed by atoms with Gasteiger partial charge in [0.2, 0.25) is 5.91 Å². The molecule has 1 heterocycles. The summed E-state index contributed by atoms with van der Waals surface area (Å²) < 4.78 is 66.3. The number of amides is 1. The lowest BCUT2D eigenvalue weighted by atomic mass is 9.93. The Kier molecular flexibility index (Phi) is 38.8. The molecule has 1 aliphatic heterocycles. The zero-order valence-electron chi connectivity index (χ0n) is 66.9. The second-order valence-electron chi connectivity index (χ2n) is 28.9. The number of carbonyl (C=O) groups excluding carboxylic acids is 10. The minimum absolute atomic E-state index is 0.00546. The van der Waals surface area contributed by atoms with Crippen LogP contribution in [0.3, 0.4) is 0 Å². The lowest BCUT2D eigenvalue weighted by Crippen LogP contribution is -2.49. The van der Waals surface area contributed by atoms with Gasteiger partial charge in [0.1, 0.15) is 51.5 Å². The molecule has 1 saturated heterocycles. The number of carbonyl (C=O) groups is 10. The number of benzene rings is 8. The van der Waals surface area contributed by atoms with Crippen molar-refractivity contribution in [1.29, 1.82) is 0 Å². The van der Waals surface area contributed by atoms with Crippen molar-refractivity contribution in [2.75, 3.05) is 98.4 Å². The van der Waals surface area contributed by atoms with Gasteiger partial charge >= 0.3 is 49.4 Å². The molecular weight excluding hydrogens is 1530 g/mol. The molecule has 0 aliphatic carbocycles. The van der Waals surface area contributed by atoms with Crippen LogP contribution in [0.4, 0.5) is 0 Å². The first-order valence-corrected chi connectivity index (χ1v) is 41.6. The highest BCUT2D eigenvalue weighted by Crippen LogP contribution is 2.51. The van der Waals surface area contributed by atoms with Gasteiger partial charge in [-0.1, -0.05) is 237 Å². The third kappa shape index (κ3) is 34.6. The number of esters is 7. The Morgan fingerprint density at radius 2 is 0.703 bits per heavy atom. The van der Waals surface area contributed by atoms with Gasteiger partial charge in [-0.15, -0.1) is 0 Å². The Morgan fingerprint density at radius 1 is 0.356 bits per heavy atom. The third-order valence-corrected chi connectivity index (χ3v) is 21.7. The number of ether oxygens (including phenoxy) is 7. The molecule has 118 heavy (non-hydrogen) atoms. The van der Waals surface area contributed by atoms with Gasteiger partial charge in [0, 0.05) is 90.0 Å². The van der Waals surface area contributed by atoms with Crippen LogP contribution in [0, 0.1) is 11.8 Å². The van der Waals surface area contributed by atoms with Crippen molar-refractivity contribution >= 4 is 66.9 Å². The van der Waals surface area contributed by atoms with E-state index in [-0.39, 0.29) is 123 Å². The Labute approximate surface area is 690 Å². The molecule has 0 saturated carbocycles. The number of methoxy groups -OCH3 is 1. The number of Topliss-reactive ketones (excluding diaryl/α,β-unsaturated/α-hetero) is 2. The number of hydrogen-bond donors (Lipinski definition) is 1. The Hall–Kier alpha value is -11.2. The molecule has 1 amide bonds. The van der Waals surface area contributed by atoms with E-state index in [1.54, 1.807) is 115 Å². The van der Waals surface area contributed by atoms with E-state index in [1.807, 2.05) is 141 Å².